The first-order valence-corrected chi connectivity index (χ1v) is 7.99. The first-order chi connectivity index (χ1) is 11.1. The quantitative estimate of drug-likeness (QED) is 0.728. The van der Waals surface area contributed by atoms with Crippen LogP contribution in [-0.2, 0) is 5.75 Å². The molecule has 0 bridgehead atoms. The summed E-state index contributed by atoms with van der Waals surface area (Å²) in [6.45, 7) is 2.04. The maximum atomic E-state index is 11.1. The third-order valence-electron chi connectivity index (χ3n) is 3.33. The number of benzene rings is 2. The number of thioether (sulfide) groups is 1. The summed E-state index contributed by atoms with van der Waals surface area (Å²) < 4.78 is 1.71. The largest absolute Gasteiger partial charge is 0.366 e. The van der Waals surface area contributed by atoms with E-state index in [2.05, 4.69) is 15.5 Å². The topological polar surface area (TPSA) is 86.7 Å². The normalized spacial score (nSPS) is 10.7. The number of aryl methyl sites for hydroxylation is 1. The van der Waals surface area contributed by atoms with Gasteiger partial charge in [-0.05, 0) is 47.2 Å². The standard InChI is InChI=1S/C16H15N5OS/c1-11-2-8-14(9-3-11)21-16(18-19-20-21)23-10-12-4-6-13(7-5-12)15(17)22/h2-9H,10H2,1H3,(H2,17,22). The van der Waals surface area contributed by atoms with Crippen LogP contribution < -0.4 is 5.73 Å². The highest BCUT2D eigenvalue weighted by molar-refractivity contribution is 7.98. The van der Waals surface area contributed by atoms with Crippen molar-refractivity contribution in [1.29, 1.82) is 0 Å². The zero-order valence-corrected chi connectivity index (χ0v) is 13.3. The van der Waals surface area contributed by atoms with Crippen molar-refractivity contribution in [3.8, 4) is 5.69 Å². The van der Waals surface area contributed by atoms with Gasteiger partial charge < -0.3 is 5.73 Å². The molecule has 3 aromatic rings. The van der Waals surface area contributed by atoms with E-state index < -0.39 is 5.91 Å². The number of carbonyl (C=O) groups is 1. The number of amides is 1. The van der Waals surface area contributed by atoms with Crippen molar-refractivity contribution in [1.82, 2.24) is 20.2 Å². The molecule has 1 aromatic heterocycles. The Hall–Kier alpha value is -2.67. The van der Waals surface area contributed by atoms with Gasteiger partial charge in [-0.3, -0.25) is 4.79 Å². The van der Waals surface area contributed by atoms with Crippen LogP contribution in [0.1, 0.15) is 21.5 Å². The van der Waals surface area contributed by atoms with E-state index in [0.717, 1.165) is 11.3 Å². The maximum Gasteiger partial charge on any atom is 0.248 e. The van der Waals surface area contributed by atoms with Crippen LogP contribution in [0.2, 0.25) is 0 Å². The average Bonchev–Trinajstić information content (AvgIpc) is 3.02. The molecule has 3 rings (SSSR count). The van der Waals surface area contributed by atoms with Gasteiger partial charge in [0.05, 0.1) is 5.69 Å². The van der Waals surface area contributed by atoms with Gasteiger partial charge in [0.1, 0.15) is 0 Å². The van der Waals surface area contributed by atoms with Crippen molar-refractivity contribution >= 4 is 17.7 Å². The second-order valence-corrected chi connectivity index (χ2v) is 6.00. The van der Waals surface area contributed by atoms with Crippen molar-refractivity contribution < 1.29 is 4.79 Å². The van der Waals surface area contributed by atoms with Crippen LogP contribution in [-0.4, -0.2) is 26.1 Å². The molecule has 0 aliphatic heterocycles. The van der Waals surface area contributed by atoms with E-state index in [0.29, 0.717) is 16.5 Å². The molecule has 0 aliphatic rings. The molecule has 0 radical (unpaired) electrons. The predicted molar refractivity (Wildman–Crippen MR) is 88.4 cm³/mol. The minimum absolute atomic E-state index is 0.424. The Morgan fingerprint density at radius 1 is 1.13 bits per heavy atom. The number of carbonyl (C=O) groups excluding carboxylic acids is 1. The molecule has 1 amide bonds. The van der Waals surface area contributed by atoms with E-state index in [9.17, 15) is 4.79 Å². The summed E-state index contributed by atoms with van der Waals surface area (Å²) in [6, 6.07) is 15.2. The summed E-state index contributed by atoms with van der Waals surface area (Å²) in [5.74, 6) is 0.276. The fourth-order valence-electron chi connectivity index (χ4n) is 2.03. The predicted octanol–water partition coefficient (Wildman–Crippen LogP) is 2.36. The Morgan fingerprint density at radius 2 is 1.83 bits per heavy atom. The number of hydrogen-bond acceptors (Lipinski definition) is 5. The van der Waals surface area contributed by atoms with Crippen molar-refractivity contribution in [2.24, 2.45) is 5.73 Å². The minimum Gasteiger partial charge on any atom is -0.366 e. The molecule has 0 saturated carbocycles. The summed E-state index contributed by atoms with van der Waals surface area (Å²) in [5, 5.41) is 12.6. The van der Waals surface area contributed by atoms with Gasteiger partial charge in [0.15, 0.2) is 0 Å². The number of tetrazole rings is 1. The third kappa shape index (κ3) is 3.57. The maximum absolute atomic E-state index is 11.1. The summed E-state index contributed by atoms with van der Waals surface area (Å²) >= 11 is 1.53. The smallest absolute Gasteiger partial charge is 0.248 e. The summed E-state index contributed by atoms with van der Waals surface area (Å²) in [4.78, 5) is 11.1. The van der Waals surface area contributed by atoms with Gasteiger partial charge in [-0.15, -0.1) is 5.10 Å². The van der Waals surface area contributed by atoms with Crippen LogP contribution in [0.15, 0.2) is 53.7 Å². The lowest BCUT2D eigenvalue weighted by atomic mass is 10.1. The molecular weight excluding hydrogens is 310 g/mol. The van der Waals surface area contributed by atoms with Gasteiger partial charge in [-0.1, -0.05) is 41.6 Å². The molecule has 0 atom stereocenters. The lowest BCUT2D eigenvalue weighted by Gasteiger charge is -2.05. The van der Waals surface area contributed by atoms with Gasteiger partial charge in [0, 0.05) is 11.3 Å². The lowest BCUT2D eigenvalue weighted by molar-refractivity contribution is 0.100. The van der Waals surface area contributed by atoms with Gasteiger partial charge in [-0.25, -0.2) is 0 Å². The highest BCUT2D eigenvalue weighted by Gasteiger charge is 2.09. The average molecular weight is 325 g/mol. The third-order valence-corrected chi connectivity index (χ3v) is 4.32. The first kappa shape index (κ1) is 15.2. The molecule has 1 heterocycles. The van der Waals surface area contributed by atoms with Gasteiger partial charge in [-0.2, -0.15) is 4.68 Å². The number of nitrogens with two attached hydrogens (primary N) is 1. The van der Waals surface area contributed by atoms with E-state index in [1.54, 1.807) is 16.8 Å². The number of primary amides is 1. The lowest BCUT2D eigenvalue weighted by Crippen LogP contribution is -2.10. The Labute approximate surface area is 137 Å². The molecule has 116 valence electrons. The summed E-state index contributed by atoms with van der Waals surface area (Å²) in [6.07, 6.45) is 0. The second kappa shape index (κ2) is 6.62. The van der Waals surface area contributed by atoms with Crippen LogP contribution in [0.5, 0.6) is 0 Å². The number of nitrogens with zero attached hydrogens (tertiary/aromatic N) is 4. The monoisotopic (exact) mass is 325 g/mol. The Morgan fingerprint density at radius 3 is 2.48 bits per heavy atom. The van der Waals surface area contributed by atoms with Crippen LogP contribution >= 0.6 is 11.8 Å². The van der Waals surface area contributed by atoms with Crippen molar-refractivity contribution in [3.05, 3.63) is 65.2 Å². The number of rotatable bonds is 5. The van der Waals surface area contributed by atoms with Crippen LogP contribution in [0, 0.1) is 6.92 Å². The van der Waals surface area contributed by atoms with Crippen LogP contribution in [0.4, 0.5) is 0 Å². The summed E-state index contributed by atoms with van der Waals surface area (Å²) in [7, 11) is 0. The van der Waals surface area contributed by atoms with Gasteiger partial charge in [0.2, 0.25) is 11.1 Å². The highest BCUT2D eigenvalue weighted by atomic mass is 32.2. The Bertz CT molecular complexity index is 811. The van der Waals surface area contributed by atoms with Crippen LogP contribution in [0.3, 0.4) is 0 Å². The first-order valence-electron chi connectivity index (χ1n) is 7.00. The Balaban J connectivity index is 1.73. The van der Waals surface area contributed by atoms with Crippen molar-refractivity contribution in [2.45, 2.75) is 17.8 Å². The number of hydrogen-bond donors (Lipinski definition) is 1. The molecule has 7 heteroatoms. The molecule has 2 N–H and O–H groups in total. The van der Waals surface area contributed by atoms with E-state index >= 15 is 0 Å². The molecule has 23 heavy (non-hydrogen) atoms. The van der Waals surface area contributed by atoms with Crippen LogP contribution in [0.25, 0.3) is 5.69 Å². The van der Waals surface area contributed by atoms with E-state index in [1.165, 1.54) is 17.3 Å². The molecule has 0 unspecified atom stereocenters. The van der Waals surface area contributed by atoms with E-state index in [-0.39, 0.29) is 0 Å². The molecule has 0 fully saturated rings. The molecule has 0 spiro atoms. The highest BCUT2D eigenvalue weighted by Crippen LogP contribution is 2.22. The number of aromatic nitrogens is 4. The zero-order chi connectivity index (χ0) is 16.2. The Kier molecular flexibility index (Phi) is 4.38. The SMILES string of the molecule is Cc1ccc(-n2nnnc2SCc2ccc(C(N)=O)cc2)cc1. The fraction of sp³-hybridized carbons (Fsp3) is 0.125. The fourth-order valence-corrected chi connectivity index (χ4v) is 2.88. The zero-order valence-electron chi connectivity index (χ0n) is 12.5. The summed E-state index contributed by atoms with van der Waals surface area (Å²) in [5.41, 5.74) is 8.92. The van der Waals surface area contributed by atoms with Crippen molar-refractivity contribution in [3.63, 3.8) is 0 Å². The van der Waals surface area contributed by atoms with Crippen molar-refractivity contribution in [2.75, 3.05) is 0 Å². The second-order valence-electron chi connectivity index (χ2n) is 5.06. The van der Waals surface area contributed by atoms with Gasteiger partial charge in [0.25, 0.3) is 0 Å². The molecule has 0 saturated heterocycles. The molecule has 2 aromatic carbocycles. The van der Waals surface area contributed by atoms with Gasteiger partial charge >= 0.3 is 0 Å². The molecular formula is C16H15N5OS. The van der Waals surface area contributed by atoms with E-state index in [4.69, 9.17) is 5.73 Å². The molecule has 6 nitrogen and oxygen atoms in total. The minimum atomic E-state index is -0.424. The van der Waals surface area contributed by atoms with E-state index in [1.807, 2.05) is 43.3 Å². The molecule has 0 aliphatic carbocycles.